The molecule has 0 bridgehead atoms. The van der Waals surface area contributed by atoms with Crippen molar-refractivity contribution in [2.75, 3.05) is 0 Å². The molecule has 1 heterocycles. The Labute approximate surface area is 104 Å². The minimum atomic E-state index is 0.119. The highest BCUT2D eigenvalue weighted by molar-refractivity contribution is 6.42. The Morgan fingerprint density at radius 3 is 2.81 bits per heavy atom. The number of fused-ring (bicyclic) bond motifs is 3. The van der Waals surface area contributed by atoms with E-state index < -0.39 is 0 Å². The summed E-state index contributed by atoms with van der Waals surface area (Å²) in [6.07, 6.45) is 3.25. The lowest BCUT2D eigenvalue weighted by molar-refractivity contribution is 0.562. The van der Waals surface area contributed by atoms with Gasteiger partial charge in [-0.2, -0.15) is 0 Å². The molecule has 4 heteroatoms. The van der Waals surface area contributed by atoms with Gasteiger partial charge in [0.15, 0.2) is 0 Å². The molecule has 84 valence electrons. The van der Waals surface area contributed by atoms with Gasteiger partial charge in [0.2, 0.25) is 0 Å². The number of aromatic amines is 1. The number of rotatable bonds is 0. The second-order valence-corrected chi connectivity index (χ2v) is 5.14. The molecule has 2 nitrogen and oxygen atoms in total. The number of halogens is 2. The van der Waals surface area contributed by atoms with Crippen LogP contribution >= 0.6 is 23.2 Å². The third-order valence-electron chi connectivity index (χ3n) is 3.29. The Bertz CT molecular complexity index is 560. The highest BCUT2D eigenvalue weighted by Crippen LogP contribution is 2.36. The van der Waals surface area contributed by atoms with E-state index in [9.17, 15) is 0 Å². The van der Waals surface area contributed by atoms with Crippen LogP contribution in [-0.2, 0) is 6.42 Å². The largest absolute Gasteiger partial charge is 0.357 e. The van der Waals surface area contributed by atoms with Crippen LogP contribution in [0.2, 0.25) is 10.0 Å². The minimum absolute atomic E-state index is 0.119. The van der Waals surface area contributed by atoms with E-state index in [-0.39, 0.29) is 6.04 Å². The van der Waals surface area contributed by atoms with Crippen LogP contribution in [0.15, 0.2) is 12.1 Å². The van der Waals surface area contributed by atoms with Gasteiger partial charge in [0, 0.05) is 22.6 Å². The van der Waals surface area contributed by atoms with Gasteiger partial charge in [-0.05, 0) is 37.0 Å². The fourth-order valence-electron chi connectivity index (χ4n) is 2.49. The maximum atomic E-state index is 6.09. The molecule has 1 aromatic carbocycles. The molecule has 1 atom stereocenters. The number of aryl methyl sites for hydroxylation is 1. The van der Waals surface area contributed by atoms with Gasteiger partial charge in [0.25, 0.3) is 0 Å². The maximum Gasteiger partial charge on any atom is 0.0613 e. The lowest BCUT2D eigenvalue weighted by Crippen LogP contribution is -2.16. The first kappa shape index (κ1) is 10.5. The molecular weight excluding hydrogens is 243 g/mol. The van der Waals surface area contributed by atoms with Gasteiger partial charge in [0.1, 0.15) is 0 Å². The topological polar surface area (TPSA) is 41.8 Å². The van der Waals surface area contributed by atoms with Gasteiger partial charge in [-0.1, -0.05) is 23.2 Å². The fourth-order valence-corrected chi connectivity index (χ4v) is 2.82. The predicted octanol–water partition coefficient (Wildman–Crippen LogP) is 3.81. The average molecular weight is 255 g/mol. The van der Waals surface area contributed by atoms with E-state index in [0.29, 0.717) is 10.0 Å². The highest BCUT2D eigenvalue weighted by Gasteiger charge is 2.21. The van der Waals surface area contributed by atoms with Crippen molar-refractivity contribution in [2.24, 2.45) is 5.73 Å². The summed E-state index contributed by atoms with van der Waals surface area (Å²) in [6, 6.07) is 3.94. The van der Waals surface area contributed by atoms with Crippen LogP contribution in [0.3, 0.4) is 0 Å². The van der Waals surface area contributed by atoms with E-state index >= 15 is 0 Å². The van der Waals surface area contributed by atoms with Crippen molar-refractivity contribution >= 4 is 34.1 Å². The van der Waals surface area contributed by atoms with Crippen LogP contribution < -0.4 is 5.73 Å². The number of nitrogens with one attached hydrogen (secondary N) is 1. The molecule has 1 aliphatic carbocycles. The van der Waals surface area contributed by atoms with E-state index in [0.717, 1.165) is 30.5 Å². The minimum Gasteiger partial charge on any atom is -0.357 e. The monoisotopic (exact) mass is 254 g/mol. The van der Waals surface area contributed by atoms with Crippen LogP contribution in [0.4, 0.5) is 0 Å². The first-order valence-electron chi connectivity index (χ1n) is 5.42. The summed E-state index contributed by atoms with van der Waals surface area (Å²) >= 11 is 12.1. The van der Waals surface area contributed by atoms with Crippen LogP contribution in [-0.4, -0.2) is 4.98 Å². The molecule has 0 amide bonds. The molecule has 0 saturated heterocycles. The molecular formula is C12H12Cl2N2. The van der Waals surface area contributed by atoms with Gasteiger partial charge in [-0.25, -0.2) is 0 Å². The number of aromatic nitrogens is 1. The Balaban J connectivity index is 2.32. The summed E-state index contributed by atoms with van der Waals surface area (Å²) in [5, 5.41) is 2.36. The van der Waals surface area contributed by atoms with E-state index in [1.807, 2.05) is 12.1 Å². The summed E-state index contributed by atoms with van der Waals surface area (Å²) in [7, 11) is 0. The van der Waals surface area contributed by atoms with Gasteiger partial charge < -0.3 is 10.7 Å². The zero-order valence-electron chi connectivity index (χ0n) is 8.69. The Kier molecular flexibility index (Phi) is 2.39. The van der Waals surface area contributed by atoms with E-state index in [4.69, 9.17) is 28.9 Å². The second-order valence-electron chi connectivity index (χ2n) is 4.33. The Morgan fingerprint density at radius 2 is 2.00 bits per heavy atom. The first-order chi connectivity index (χ1) is 7.66. The molecule has 1 unspecified atom stereocenters. The van der Waals surface area contributed by atoms with Gasteiger partial charge >= 0.3 is 0 Å². The Hall–Kier alpha value is -0.700. The molecule has 3 rings (SSSR count). The molecule has 0 aliphatic heterocycles. The molecule has 2 aromatic rings. The number of benzene rings is 1. The number of hydrogen-bond donors (Lipinski definition) is 2. The van der Waals surface area contributed by atoms with Crippen LogP contribution in [0, 0.1) is 0 Å². The molecule has 0 spiro atoms. The summed E-state index contributed by atoms with van der Waals surface area (Å²) in [5.74, 6) is 0. The quantitative estimate of drug-likeness (QED) is 0.738. The third-order valence-corrected chi connectivity index (χ3v) is 4.01. The predicted molar refractivity (Wildman–Crippen MR) is 68.2 cm³/mol. The zero-order chi connectivity index (χ0) is 11.3. The second kappa shape index (κ2) is 3.66. The van der Waals surface area contributed by atoms with Crippen molar-refractivity contribution in [1.82, 2.24) is 4.98 Å². The summed E-state index contributed by atoms with van der Waals surface area (Å²) in [6.45, 7) is 0. The fraction of sp³-hybridized carbons (Fsp3) is 0.333. The molecule has 0 radical (unpaired) electrons. The number of nitrogens with two attached hydrogens (primary N) is 1. The normalized spacial score (nSPS) is 20.1. The van der Waals surface area contributed by atoms with Crippen molar-refractivity contribution < 1.29 is 0 Å². The van der Waals surface area contributed by atoms with E-state index in [2.05, 4.69) is 4.98 Å². The van der Waals surface area contributed by atoms with E-state index in [1.54, 1.807) is 0 Å². The molecule has 0 saturated carbocycles. The van der Waals surface area contributed by atoms with Crippen molar-refractivity contribution in [2.45, 2.75) is 25.3 Å². The summed E-state index contributed by atoms with van der Waals surface area (Å²) < 4.78 is 0. The van der Waals surface area contributed by atoms with Gasteiger partial charge in [-0.15, -0.1) is 0 Å². The highest BCUT2D eigenvalue weighted by atomic mass is 35.5. The van der Waals surface area contributed by atoms with Crippen molar-refractivity contribution in [3.8, 4) is 0 Å². The van der Waals surface area contributed by atoms with Crippen LogP contribution in [0.25, 0.3) is 10.9 Å². The first-order valence-corrected chi connectivity index (χ1v) is 6.17. The molecule has 1 aromatic heterocycles. The van der Waals surface area contributed by atoms with Crippen molar-refractivity contribution in [3.05, 3.63) is 33.4 Å². The Morgan fingerprint density at radius 1 is 1.25 bits per heavy atom. The van der Waals surface area contributed by atoms with E-state index in [1.165, 1.54) is 10.9 Å². The lowest BCUT2D eigenvalue weighted by Gasteiger charge is -2.18. The smallest absolute Gasteiger partial charge is 0.0613 e. The maximum absolute atomic E-state index is 6.09. The van der Waals surface area contributed by atoms with Crippen molar-refractivity contribution in [1.29, 1.82) is 0 Å². The molecule has 0 fully saturated rings. The number of H-pyrrole nitrogens is 1. The van der Waals surface area contributed by atoms with Gasteiger partial charge in [0.05, 0.1) is 10.0 Å². The van der Waals surface area contributed by atoms with Crippen LogP contribution in [0.5, 0.6) is 0 Å². The van der Waals surface area contributed by atoms with Crippen molar-refractivity contribution in [3.63, 3.8) is 0 Å². The zero-order valence-corrected chi connectivity index (χ0v) is 10.2. The summed E-state index contributed by atoms with van der Waals surface area (Å²) in [5.41, 5.74) is 9.59. The lowest BCUT2D eigenvalue weighted by atomic mass is 9.92. The van der Waals surface area contributed by atoms with Gasteiger partial charge in [-0.3, -0.25) is 0 Å². The molecule has 1 aliphatic rings. The third kappa shape index (κ3) is 1.45. The summed E-state index contributed by atoms with van der Waals surface area (Å²) in [4.78, 5) is 3.37. The molecule has 3 N–H and O–H groups in total. The molecule has 16 heavy (non-hydrogen) atoms. The average Bonchev–Trinajstić information content (AvgIpc) is 2.59. The number of hydrogen-bond acceptors (Lipinski definition) is 1. The standard InChI is InChI=1S/C12H12Cl2N2/c13-8-4-7-6-2-1-3-10(15)12(6)16-11(7)5-9(8)14/h4-5,10,16H,1-3,15H2. The van der Waals surface area contributed by atoms with Crippen LogP contribution in [0.1, 0.15) is 30.1 Å². The SMILES string of the molecule is NC1CCCc2c1[nH]c1cc(Cl)c(Cl)cc21.